The number of nitrogens with two attached hydrogens (primary N) is 1. The van der Waals surface area contributed by atoms with Crippen molar-refractivity contribution in [3.05, 3.63) is 22.7 Å². The molecule has 0 radical (unpaired) electrons. The van der Waals surface area contributed by atoms with Crippen molar-refractivity contribution in [1.29, 1.82) is 0 Å². The minimum Gasteiger partial charge on any atom is -0.398 e. The summed E-state index contributed by atoms with van der Waals surface area (Å²) in [5.41, 5.74) is 6.64. The minimum absolute atomic E-state index is 0.0942. The molecule has 19 heavy (non-hydrogen) atoms. The molecule has 1 aromatic carbocycles. The molecule has 0 aliphatic heterocycles. The Hall–Kier alpha value is -0.780. The van der Waals surface area contributed by atoms with Gasteiger partial charge in [0, 0.05) is 16.8 Å². The van der Waals surface area contributed by atoms with Crippen molar-refractivity contribution >= 4 is 27.3 Å². The molecule has 0 amide bonds. The van der Waals surface area contributed by atoms with Crippen molar-refractivity contribution in [3.8, 4) is 0 Å². The predicted octanol–water partition coefficient (Wildman–Crippen LogP) is 2.94. The first-order valence-electron chi connectivity index (χ1n) is 6.03. The molecule has 108 valence electrons. The van der Waals surface area contributed by atoms with E-state index < -0.39 is 10.0 Å². The van der Waals surface area contributed by atoms with E-state index in [0.29, 0.717) is 16.3 Å². The topological polar surface area (TPSA) is 72.2 Å². The smallest absolute Gasteiger partial charge is 0.240 e. The summed E-state index contributed by atoms with van der Waals surface area (Å²) in [6, 6.07) is 2.64. The van der Waals surface area contributed by atoms with Crippen molar-refractivity contribution in [2.24, 2.45) is 5.41 Å². The SMILES string of the molecule is Cc1c(N)cc(S(=O)(=O)NC(C)C(C)(C)C)cc1Cl. The number of nitrogens with one attached hydrogen (secondary N) is 1. The summed E-state index contributed by atoms with van der Waals surface area (Å²) in [6.45, 7) is 9.49. The Bertz CT molecular complexity index is 554. The fraction of sp³-hybridized carbons (Fsp3) is 0.538. The second-order valence-electron chi connectivity index (χ2n) is 5.83. The summed E-state index contributed by atoms with van der Waals surface area (Å²) in [7, 11) is -3.62. The first-order valence-corrected chi connectivity index (χ1v) is 7.89. The van der Waals surface area contributed by atoms with Gasteiger partial charge in [-0.1, -0.05) is 32.4 Å². The molecule has 1 rings (SSSR count). The van der Waals surface area contributed by atoms with Gasteiger partial charge in [-0.2, -0.15) is 0 Å². The van der Waals surface area contributed by atoms with Crippen molar-refractivity contribution in [3.63, 3.8) is 0 Å². The van der Waals surface area contributed by atoms with Gasteiger partial charge >= 0.3 is 0 Å². The molecule has 0 fully saturated rings. The minimum atomic E-state index is -3.62. The summed E-state index contributed by atoms with van der Waals surface area (Å²) < 4.78 is 27.2. The molecular formula is C13H21ClN2O2S. The Morgan fingerprint density at radius 2 is 1.84 bits per heavy atom. The summed E-state index contributed by atoms with van der Waals surface area (Å²) in [5.74, 6) is 0. The first kappa shape index (κ1) is 16.3. The average molecular weight is 305 g/mol. The third kappa shape index (κ3) is 3.84. The number of hydrogen-bond donors (Lipinski definition) is 2. The largest absolute Gasteiger partial charge is 0.398 e. The fourth-order valence-corrected chi connectivity index (χ4v) is 3.11. The van der Waals surface area contributed by atoms with E-state index in [1.807, 2.05) is 27.7 Å². The lowest BCUT2D eigenvalue weighted by atomic mass is 9.89. The molecule has 0 aliphatic carbocycles. The van der Waals surface area contributed by atoms with Gasteiger partial charge in [0.15, 0.2) is 0 Å². The standard InChI is InChI=1S/C13H21ClN2O2S/c1-8-11(14)6-10(7-12(8)15)19(17,18)16-9(2)13(3,4)5/h6-7,9,16H,15H2,1-5H3. The first-order chi connectivity index (χ1) is 8.45. The van der Waals surface area contributed by atoms with Crippen LogP contribution >= 0.6 is 11.6 Å². The quantitative estimate of drug-likeness (QED) is 0.843. The van der Waals surface area contributed by atoms with Crippen molar-refractivity contribution in [1.82, 2.24) is 4.72 Å². The lowest BCUT2D eigenvalue weighted by Gasteiger charge is -2.27. The van der Waals surface area contributed by atoms with Gasteiger partial charge < -0.3 is 5.73 Å². The van der Waals surface area contributed by atoms with Gasteiger partial charge in [-0.25, -0.2) is 13.1 Å². The Kier molecular flexibility index (Phi) is 4.55. The van der Waals surface area contributed by atoms with Crippen LogP contribution in [0.5, 0.6) is 0 Å². The van der Waals surface area contributed by atoms with Gasteiger partial charge in [0.1, 0.15) is 0 Å². The van der Waals surface area contributed by atoms with Crippen LogP contribution in [0, 0.1) is 12.3 Å². The highest BCUT2D eigenvalue weighted by Crippen LogP contribution is 2.27. The molecule has 0 heterocycles. The maximum absolute atomic E-state index is 12.3. The summed E-state index contributed by atoms with van der Waals surface area (Å²) >= 11 is 5.98. The number of nitrogen functional groups attached to an aromatic ring is 1. The van der Waals surface area contributed by atoms with Gasteiger partial charge in [0.05, 0.1) is 4.90 Å². The van der Waals surface area contributed by atoms with Crippen molar-refractivity contribution < 1.29 is 8.42 Å². The van der Waals surface area contributed by atoms with Gasteiger partial charge in [-0.3, -0.25) is 0 Å². The maximum atomic E-state index is 12.3. The average Bonchev–Trinajstić information content (AvgIpc) is 2.23. The van der Waals surface area contributed by atoms with Gasteiger partial charge in [-0.15, -0.1) is 0 Å². The molecule has 0 saturated heterocycles. The molecule has 1 atom stereocenters. The van der Waals surface area contributed by atoms with Crippen molar-refractivity contribution in [2.75, 3.05) is 5.73 Å². The Morgan fingerprint density at radius 1 is 1.32 bits per heavy atom. The molecular weight excluding hydrogens is 284 g/mol. The Morgan fingerprint density at radius 3 is 2.26 bits per heavy atom. The van der Waals surface area contributed by atoms with Crippen LogP contribution in [0.3, 0.4) is 0 Å². The number of anilines is 1. The molecule has 0 saturated carbocycles. The second-order valence-corrected chi connectivity index (χ2v) is 7.95. The molecule has 1 aromatic rings. The molecule has 0 aromatic heterocycles. The van der Waals surface area contributed by atoms with E-state index in [2.05, 4.69) is 4.72 Å². The molecule has 1 unspecified atom stereocenters. The van der Waals surface area contributed by atoms with Crippen LogP contribution in [0.15, 0.2) is 17.0 Å². The number of rotatable bonds is 3. The second kappa shape index (κ2) is 5.31. The highest BCUT2D eigenvalue weighted by atomic mass is 35.5. The van der Waals surface area contributed by atoms with Crippen LogP contribution in [0.1, 0.15) is 33.3 Å². The fourth-order valence-electron chi connectivity index (χ4n) is 1.31. The Labute approximate surface area is 120 Å². The van der Waals surface area contributed by atoms with Crippen LogP contribution in [0.4, 0.5) is 5.69 Å². The lowest BCUT2D eigenvalue weighted by molar-refractivity contribution is 0.317. The zero-order valence-corrected chi connectivity index (χ0v) is 13.5. The number of sulfonamides is 1. The molecule has 0 spiro atoms. The monoisotopic (exact) mass is 304 g/mol. The van der Waals surface area contributed by atoms with Gasteiger partial charge in [-0.05, 0) is 37.0 Å². The predicted molar refractivity (Wildman–Crippen MR) is 79.8 cm³/mol. The summed E-state index contributed by atoms with van der Waals surface area (Å²) in [6.07, 6.45) is 0. The van der Waals surface area contributed by atoms with E-state index in [9.17, 15) is 8.42 Å². The molecule has 4 nitrogen and oxygen atoms in total. The highest BCUT2D eigenvalue weighted by Gasteiger charge is 2.26. The number of hydrogen-bond acceptors (Lipinski definition) is 3. The van der Waals surface area contributed by atoms with Crippen LogP contribution < -0.4 is 10.5 Å². The zero-order chi connectivity index (χ0) is 15.0. The number of benzene rings is 1. The molecule has 3 N–H and O–H groups in total. The third-order valence-corrected chi connectivity index (χ3v) is 5.21. The van der Waals surface area contributed by atoms with Gasteiger partial charge in [0.25, 0.3) is 0 Å². The van der Waals surface area contributed by atoms with Gasteiger partial charge in [0.2, 0.25) is 10.0 Å². The molecule has 0 bridgehead atoms. The van der Waals surface area contributed by atoms with Crippen molar-refractivity contribution in [2.45, 2.75) is 45.6 Å². The van der Waals surface area contributed by atoms with Crippen LogP contribution in [0.25, 0.3) is 0 Å². The van der Waals surface area contributed by atoms with Crippen LogP contribution in [-0.2, 0) is 10.0 Å². The lowest BCUT2D eigenvalue weighted by Crippen LogP contribution is -2.41. The van der Waals surface area contributed by atoms with E-state index in [0.717, 1.165) is 0 Å². The van der Waals surface area contributed by atoms with Crippen LogP contribution in [0.2, 0.25) is 5.02 Å². The van der Waals surface area contributed by atoms with E-state index in [4.69, 9.17) is 17.3 Å². The number of halogens is 1. The molecule has 0 aliphatic rings. The summed E-state index contributed by atoms with van der Waals surface area (Å²) in [5, 5.41) is 0.351. The molecule has 6 heteroatoms. The third-order valence-electron chi connectivity index (χ3n) is 3.30. The summed E-state index contributed by atoms with van der Waals surface area (Å²) in [4.78, 5) is 0.0942. The zero-order valence-electron chi connectivity index (χ0n) is 11.9. The maximum Gasteiger partial charge on any atom is 0.240 e. The van der Waals surface area contributed by atoms with E-state index >= 15 is 0 Å². The van der Waals surface area contributed by atoms with E-state index in [1.165, 1.54) is 12.1 Å². The van der Waals surface area contributed by atoms with Crippen LogP contribution in [-0.4, -0.2) is 14.5 Å². The van der Waals surface area contributed by atoms with E-state index in [1.54, 1.807) is 6.92 Å². The highest BCUT2D eigenvalue weighted by molar-refractivity contribution is 7.89. The normalized spacial score (nSPS) is 14.4. The Balaban J connectivity index is 3.15. The van der Waals surface area contributed by atoms with E-state index in [-0.39, 0.29) is 16.4 Å².